The van der Waals surface area contributed by atoms with Gasteiger partial charge in [-0.25, -0.2) is 8.42 Å². The molecule has 10 heteroatoms. The topological polar surface area (TPSA) is 86.8 Å². The van der Waals surface area contributed by atoms with E-state index in [2.05, 4.69) is 5.32 Å². The molecular weight excluding hydrogens is 322 g/mol. The van der Waals surface area contributed by atoms with Crippen molar-refractivity contribution in [1.29, 1.82) is 0 Å². The van der Waals surface area contributed by atoms with Crippen LogP contribution in [-0.4, -0.2) is 80.8 Å². The molecule has 2 saturated heterocycles. The van der Waals surface area contributed by atoms with Gasteiger partial charge >= 0.3 is 0 Å². The molecule has 118 valence electrons. The van der Waals surface area contributed by atoms with E-state index >= 15 is 0 Å². The minimum absolute atomic E-state index is 0.0359. The van der Waals surface area contributed by atoms with E-state index in [0.29, 0.717) is 37.7 Å². The van der Waals surface area contributed by atoms with Crippen LogP contribution in [0.15, 0.2) is 0 Å². The summed E-state index contributed by atoms with van der Waals surface area (Å²) in [6.07, 6.45) is 0. The number of sulfone groups is 1. The number of thioether (sulfide) groups is 1. The van der Waals surface area contributed by atoms with Crippen LogP contribution in [0, 0.1) is 0 Å². The molecule has 0 spiro atoms. The third kappa shape index (κ3) is 3.30. The van der Waals surface area contributed by atoms with Crippen LogP contribution in [0.5, 0.6) is 0 Å². The van der Waals surface area contributed by atoms with Crippen molar-refractivity contribution < 1.29 is 16.8 Å². The van der Waals surface area contributed by atoms with Crippen LogP contribution in [0.2, 0.25) is 0 Å². The van der Waals surface area contributed by atoms with Crippen LogP contribution in [0.25, 0.3) is 0 Å². The predicted octanol–water partition coefficient (Wildman–Crippen LogP) is -1.05. The van der Waals surface area contributed by atoms with Gasteiger partial charge in [0.05, 0.1) is 0 Å². The molecule has 2 heterocycles. The number of nitrogens with one attached hydrogen (secondary N) is 1. The third-order valence-electron chi connectivity index (χ3n) is 3.55. The van der Waals surface area contributed by atoms with Gasteiger partial charge in [-0.1, -0.05) is 6.92 Å². The van der Waals surface area contributed by atoms with E-state index in [0.717, 1.165) is 0 Å². The predicted molar refractivity (Wildman–Crippen MR) is 80.6 cm³/mol. The maximum Gasteiger partial charge on any atom is 0.283 e. The summed E-state index contributed by atoms with van der Waals surface area (Å²) in [6.45, 7) is 3.82. The molecule has 2 aliphatic heterocycles. The van der Waals surface area contributed by atoms with Gasteiger partial charge in [0.2, 0.25) is 0 Å². The standard InChI is InChI=1S/C10H21N3O4S3/c1-2-19(14,15)10-9-18-8-7-13(10)20(16,17)12-5-3-11-4-6-12/h10-11H,2-9H2,1H3. The van der Waals surface area contributed by atoms with Gasteiger partial charge in [-0.15, -0.1) is 0 Å². The molecule has 0 bridgehead atoms. The molecule has 2 aliphatic rings. The molecule has 2 rings (SSSR count). The molecule has 0 aromatic rings. The van der Waals surface area contributed by atoms with Gasteiger partial charge in [0.15, 0.2) is 9.84 Å². The lowest BCUT2D eigenvalue weighted by Gasteiger charge is -2.38. The van der Waals surface area contributed by atoms with Crippen LogP contribution in [0.1, 0.15) is 6.92 Å². The highest BCUT2D eigenvalue weighted by molar-refractivity contribution is 8.01. The fourth-order valence-corrected chi connectivity index (χ4v) is 7.73. The number of piperazine rings is 1. The molecular formula is C10H21N3O4S3. The van der Waals surface area contributed by atoms with Crippen LogP contribution < -0.4 is 5.32 Å². The summed E-state index contributed by atoms with van der Waals surface area (Å²) in [5.74, 6) is 0.925. The van der Waals surface area contributed by atoms with Crippen molar-refractivity contribution in [2.75, 3.05) is 50.0 Å². The molecule has 0 aliphatic carbocycles. The second kappa shape index (κ2) is 6.49. The zero-order valence-electron chi connectivity index (χ0n) is 11.5. The van der Waals surface area contributed by atoms with Crippen molar-refractivity contribution in [3.63, 3.8) is 0 Å². The van der Waals surface area contributed by atoms with Gasteiger partial charge in [-0.3, -0.25) is 0 Å². The molecule has 0 radical (unpaired) electrons. The summed E-state index contributed by atoms with van der Waals surface area (Å²) < 4.78 is 52.2. The lowest BCUT2D eigenvalue weighted by Crippen LogP contribution is -2.58. The SMILES string of the molecule is CCS(=O)(=O)C1CSCCN1S(=O)(=O)N1CCNCC1. The highest BCUT2D eigenvalue weighted by atomic mass is 32.2. The normalized spacial score (nSPS) is 27.6. The van der Waals surface area contributed by atoms with Gasteiger partial charge in [-0.05, 0) is 0 Å². The van der Waals surface area contributed by atoms with Gasteiger partial charge in [0.1, 0.15) is 5.37 Å². The van der Waals surface area contributed by atoms with Crippen molar-refractivity contribution >= 4 is 31.8 Å². The van der Waals surface area contributed by atoms with Crippen LogP contribution in [0.3, 0.4) is 0 Å². The zero-order chi connectivity index (χ0) is 14.8. The molecule has 7 nitrogen and oxygen atoms in total. The monoisotopic (exact) mass is 343 g/mol. The Morgan fingerprint density at radius 1 is 1.15 bits per heavy atom. The van der Waals surface area contributed by atoms with E-state index in [4.69, 9.17) is 0 Å². The maximum absolute atomic E-state index is 12.7. The van der Waals surface area contributed by atoms with Crippen molar-refractivity contribution in [1.82, 2.24) is 13.9 Å². The maximum atomic E-state index is 12.7. The van der Waals surface area contributed by atoms with E-state index in [1.165, 1.54) is 20.4 Å². The molecule has 0 aromatic carbocycles. The molecule has 1 N–H and O–H groups in total. The third-order valence-corrected chi connectivity index (χ3v) is 9.02. The van der Waals surface area contributed by atoms with E-state index in [1.54, 1.807) is 6.92 Å². The average Bonchev–Trinajstić information content (AvgIpc) is 2.48. The minimum atomic E-state index is -3.69. The van der Waals surface area contributed by atoms with Gasteiger partial charge in [0, 0.05) is 50.0 Å². The van der Waals surface area contributed by atoms with E-state index < -0.39 is 25.4 Å². The Bertz CT molecular complexity index is 528. The number of rotatable bonds is 4. The second-order valence-electron chi connectivity index (χ2n) is 4.75. The highest BCUT2D eigenvalue weighted by Gasteiger charge is 2.42. The molecule has 1 unspecified atom stereocenters. The molecule has 2 fully saturated rings. The number of hydrogen-bond acceptors (Lipinski definition) is 6. The van der Waals surface area contributed by atoms with Gasteiger partial charge in [-0.2, -0.15) is 28.8 Å². The number of nitrogens with zero attached hydrogens (tertiary/aromatic N) is 2. The molecule has 1 atom stereocenters. The van der Waals surface area contributed by atoms with Crippen molar-refractivity contribution in [2.45, 2.75) is 12.3 Å². The molecule has 0 saturated carbocycles. The first-order chi connectivity index (χ1) is 9.39. The van der Waals surface area contributed by atoms with Crippen LogP contribution >= 0.6 is 11.8 Å². The second-order valence-corrected chi connectivity index (χ2v) is 10.2. The first-order valence-corrected chi connectivity index (χ1v) is 10.9. The first-order valence-electron chi connectivity index (χ1n) is 6.66. The highest BCUT2D eigenvalue weighted by Crippen LogP contribution is 2.26. The van der Waals surface area contributed by atoms with Crippen molar-refractivity contribution in [3.05, 3.63) is 0 Å². The molecule has 0 aromatic heterocycles. The summed E-state index contributed by atoms with van der Waals surface area (Å²) in [6, 6.07) is 0. The van der Waals surface area contributed by atoms with Crippen LogP contribution in [-0.2, 0) is 20.0 Å². The van der Waals surface area contributed by atoms with Gasteiger partial charge < -0.3 is 5.32 Å². The summed E-state index contributed by atoms with van der Waals surface area (Å²) in [4.78, 5) is 0. The Kier molecular flexibility index (Phi) is 5.35. The Balaban J connectivity index is 2.27. The Morgan fingerprint density at radius 2 is 1.80 bits per heavy atom. The Hall–Kier alpha value is 0.130. The summed E-state index contributed by atoms with van der Waals surface area (Å²) in [7, 11) is -7.10. The van der Waals surface area contributed by atoms with E-state index in [-0.39, 0.29) is 12.3 Å². The summed E-state index contributed by atoms with van der Waals surface area (Å²) in [5, 5.41) is 2.17. The van der Waals surface area contributed by atoms with Crippen LogP contribution in [0.4, 0.5) is 0 Å². The zero-order valence-corrected chi connectivity index (χ0v) is 13.9. The minimum Gasteiger partial charge on any atom is -0.314 e. The average molecular weight is 343 g/mol. The summed E-state index contributed by atoms with van der Waals surface area (Å²) in [5.41, 5.74) is 0. The Labute approximate surface area is 125 Å². The fraction of sp³-hybridized carbons (Fsp3) is 1.00. The molecule has 20 heavy (non-hydrogen) atoms. The molecule has 0 amide bonds. The fourth-order valence-electron chi connectivity index (χ4n) is 2.33. The van der Waals surface area contributed by atoms with Crippen molar-refractivity contribution in [2.24, 2.45) is 0 Å². The van der Waals surface area contributed by atoms with Gasteiger partial charge in [0.25, 0.3) is 10.2 Å². The number of hydrogen-bond donors (Lipinski definition) is 1. The van der Waals surface area contributed by atoms with E-state index in [1.807, 2.05) is 0 Å². The summed E-state index contributed by atoms with van der Waals surface area (Å²) >= 11 is 1.50. The quantitative estimate of drug-likeness (QED) is 0.701. The van der Waals surface area contributed by atoms with Crippen molar-refractivity contribution in [3.8, 4) is 0 Å². The Morgan fingerprint density at radius 3 is 2.40 bits per heavy atom. The smallest absolute Gasteiger partial charge is 0.283 e. The first kappa shape index (κ1) is 16.5. The lowest BCUT2D eigenvalue weighted by molar-refractivity contribution is 0.308. The largest absolute Gasteiger partial charge is 0.314 e. The van der Waals surface area contributed by atoms with E-state index in [9.17, 15) is 16.8 Å². The lowest BCUT2D eigenvalue weighted by atomic mass is 10.4.